The molecule has 0 aliphatic heterocycles. The summed E-state index contributed by atoms with van der Waals surface area (Å²) in [6.07, 6.45) is 1.85. The van der Waals surface area contributed by atoms with Crippen LogP contribution in [0.1, 0.15) is 0 Å². The molecule has 0 bridgehead atoms. The van der Waals surface area contributed by atoms with Crippen molar-refractivity contribution in [3.8, 4) is 11.4 Å². The van der Waals surface area contributed by atoms with Crippen molar-refractivity contribution in [3.05, 3.63) is 65.2 Å². The zero-order chi connectivity index (χ0) is 14.1. The molecular formula is C16H12Cl2N2. The number of nitrogens with zero attached hydrogens (tertiary/aromatic N) is 2. The van der Waals surface area contributed by atoms with Crippen molar-refractivity contribution in [2.75, 3.05) is 0 Å². The van der Waals surface area contributed by atoms with E-state index in [2.05, 4.69) is 16.1 Å². The molecule has 0 atom stereocenters. The van der Waals surface area contributed by atoms with Gasteiger partial charge in [0.25, 0.3) is 0 Å². The van der Waals surface area contributed by atoms with Gasteiger partial charge >= 0.3 is 0 Å². The highest BCUT2D eigenvalue weighted by molar-refractivity contribution is 6.36. The maximum atomic E-state index is 6.30. The summed E-state index contributed by atoms with van der Waals surface area (Å²) in [4.78, 5) is 4.68. The lowest BCUT2D eigenvalue weighted by Gasteiger charge is -2.08. The summed E-state index contributed by atoms with van der Waals surface area (Å²) < 4.78 is 2.09. The summed E-state index contributed by atoms with van der Waals surface area (Å²) in [7, 11) is 0. The second-order valence-corrected chi connectivity index (χ2v) is 5.29. The predicted octanol–water partition coefficient (Wildman–Crippen LogP) is 5.20. The Kier molecular flexibility index (Phi) is 3.51. The van der Waals surface area contributed by atoms with Crippen molar-refractivity contribution in [2.45, 2.75) is 6.54 Å². The average molecular weight is 303 g/mol. The third-order valence-corrected chi connectivity index (χ3v) is 3.69. The summed E-state index contributed by atoms with van der Waals surface area (Å²) in [6, 6.07) is 13.4. The quantitative estimate of drug-likeness (QED) is 0.608. The van der Waals surface area contributed by atoms with Gasteiger partial charge in [0.15, 0.2) is 0 Å². The Balaban J connectivity index is 2.29. The van der Waals surface area contributed by atoms with Crippen molar-refractivity contribution in [1.29, 1.82) is 0 Å². The van der Waals surface area contributed by atoms with Crippen LogP contribution in [0.5, 0.6) is 0 Å². The number of allylic oxidation sites excluding steroid dienone is 1. The van der Waals surface area contributed by atoms with Crippen molar-refractivity contribution in [1.82, 2.24) is 9.55 Å². The Morgan fingerprint density at radius 1 is 1.15 bits per heavy atom. The minimum Gasteiger partial charge on any atom is -0.320 e. The molecule has 0 amide bonds. The number of fused-ring (bicyclic) bond motifs is 1. The molecule has 0 unspecified atom stereocenters. The van der Waals surface area contributed by atoms with Gasteiger partial charge in [-0.3, -0.25) is 0 Å². The largest absolute Gasteiger partial charge is 0.320 e. The molecule has 4 heteroatoms. The van der Waals surface area contributed by atoms with E-state index in [9.17, 15) is 0 Å². The minimum absolute atomic E-state index is 0.595. The van der Waals surface area contributed by atoms with Gasteiger partial charge in [0.1, 0.15) is 5.82 Å². The van der Waals surface area contributed by atoms with Crippen LogP contribution in [0.15, 0.2) is 55.1 Å². The van der Waals surface area contributed by atoms with Crippen molar-refractivity contribution in [3.63, 3.8) is 0 Å². The van der Waals surface area contributed by atoms with Gasteiger partial charge < -0.3 is 4.57 Å². The number of hydrogen-bond acceptors (Lipinski definition) is 1. The molecule has 1 heterocycles. The Hall–Kier alpha value is -1.77. The van der Waals surface area contributed by atoms with E-state index in [-0.39, 0.29) is 0 Å². The summed E-state index contributed by atoms with van der Waals surface area (Å²) >= 11 is 12.3. The van der Waals surface area contributed by atoms with E-state index in [1.165, 1.54) is 0 Å². The molecule has 0 saturated carbocycles. The number of para-hydroxylation sites is 2. The lowest BCUT2D eigenvalue weighted by Crippen LogP contribution is -1.98. The SMILES string of the molecule is C=CCn1c(-c2ccc(Cl)cc2Cl)nc2ccccc21. The van der Waals surface area contributed by atoms with Gasteiger partial charge in [-0.1, -0.05) is 41.4 Å². The van der Waals surface area contributed by atoms with Gasteiger partial charge in [-0.25, -0.2) is 4.98 Å². The molecule has 0 aliphatic carbocycles. The van der Waals surface area contributed by atoms with Crippen LogP contribution in [-0.2, 0) is 6.54 Å². The molecule has 0 radical (unpaired) electrons. The molecule has 3 rings (SSSR count). The van der Waals surface area contributed by atoms with E-state index in [4.69, 9.17) is 23.2 Å². The highest BCUT2D eigenvalue weighted by Gasteiger charge is 2.14. The first-order valence-corrected chi connectivity index (χ1v) is 6.98. The van der Waals surface area contributed by atoms with Gasteiger partial charge in [-0.2, -0.15) is 0 Å². The normalized spacial score (nSPS) is 10.9. The van der Waals surface area contributed by atoms with Gasteiger partial charge in [-0.15, -0.1) is 6.58 Å². The first-order valence-electron chi connectivity index (χ1n) is 6.22. The van der Waals surface area contributed by atoms with E-state index < -0.39 is 0 Å². The molecule has 0 fully saturated rings. The smallest absolute Gasteiger partial charge is 0.142 e. The number of benzene rings is 2. The van der Waals surface area contributed by atoms with E-state index in [1.54, 1.807) is 6.07 Å². The van der Waals surface area contributed by atoms with E-state index in [0.717, 1.165) is 22.4 Å². The molecule has 0 spiro atoms. The summed E-state index contributed by atoms with van der Waals surface area (Å²) in [6.45, 7) is 4.49. The van der Waals surface area contributed by atoms with Crippen LogP contribution in [0.4, 0.5) is 0 Å². The third-order valence-electron chi connectivity index (χ3n) is 3.14. The highest BCUT2D eigenvalue weighted by Crippen LogP contribution is 2.32. The first kappa shape index (κ1) is 13.2. The topological polar surface area (TPSA) is 17.8 Å². The highest BCUT2D eigenvalue weighted by atomic mass is 35.5. The van der Waals surface area contributed by atoms with Crippen LogP contribution in [0.2, 0.25) is 10.0 Å². The second-order valence-electron chi connectivity index (χ2n) is 4.45. The molecular weight excluding hydrogens is 291 g/mol. The summed E-state index contributed by atoms with van der Waals surface area (Å²) in [5.74, 6) is 0.827. The van der Waals surface area contributed by atoms with Crippen LogP contribution in [0.3, 0.4) is 0 Å². The van der Waals surface area contributed by atoms with E-state index >= 15 is 0 Å². The van der Waals surface area contributed by atoms with Crippen LogP contribution < -0.4 is 0 Å². The molecule has 0 aliphatic rings. The van der Waals surface area contributed by atoms with Crippen LogP contribution >= 0.6 is 23.2 Å². The molecule has 2 aromatic carbocycles. The zero-order valence-corrected chi connectivity index (χ0v) is 12.2. The van der Waals surface area contributed by atoms with E-state index in [1.807, 2.05) is 42.5 Å². The standard InChI is InChI=1S/C16H12Cl2N2/c1-2-9-20-15-6-4-3-5-14(15)19-16(20)12-8-7-11(17)10-13(12)18/h2-8,10H,1,9H2. The molecule has 3 aromatic rings. The number of imidazole rings is 1. The zero-order valence-electron chi connectivity index (χ0n) is 10.7. The van der Waals surface area contributed by atoms with Gasteiger partial charge in [0.2, 0.25) is 0 Å². The van der Waals surface area contributed by atoms with Crippen LogP contribution in [-0.4, -0.2) is 9.55 Å². The monoisotopic (exact) mass is 302 g/mol. The number of rotatable bonds is 3. The van der Waals surface area contributed by atoms with Gasteiger partial charge in [0, 0.05) is 17.1 Å². The van der Waals surface area contributed by atoms with Gasteiger partial charge in [-0.05, 0) is 30.3 Å². The molecule has 20 heavy (non-hydrogen) atoms. The van der Waals surface area contributed by atoms with E-state index in [0.29, 0.717) is 16.6 Å². The molecule has 0 saturated heterocycles. The summed E-state index contributed by atoms with van der Waals surface area (Å²) in [5.41, 5.74) is 2.87. The summed E-state index contributed by atoms with van der Waals surface area (Å²) in [5, 5.41) is 1.21. The van der Waals surface area contributed by atoms with Crippen LogP contribution in [0.25, 0.3) is 22.4 Å². The van der Waals surface area contributed by atoms with Crippen molar-refractivity contribution < 1.29 is 0 Å². The Labute approximate surface area is 127 Å². The molecule has 1 aromatic heterocycles. The number of hydrogen-bond donors (Lipinski definition) is 0. The Morgan fingerprint density at radius 2 is 1.95 bits per heavy atom. The molecule has 100 valence electrons. The molecule has 0 N–H and O–H groups in total. The fourth-order valence-corrected chi connectivity index (χ4v) is 2.76. The first-order chi connectivity index (χ1) is 9.70. The van der Waals surface area contributed by atoms with Crippen molar-refractivity contribution in [2.24, 2.45) is 0 Å². The minimum atomic E-state index is 0.595. The fourth-order valence-electron chi connectivity index (χ4n) is 2.27. The lowest BCUT2D eigenvalue weighted by molar-refractivity contribution is 0.862. The maximum absolute atomic E-state index is 6.30. The number of aromatic nitrogens is 2. The lowest BCUT2D eigenvalue weighted by atomic mass is 10.2. The average Bonchev–Trinajstić information content (AvgIpc) is 2.78. The second kappa shape index (κ2) is 5.31. The maximum Gasteiger partial charge on any atom is 0.142 e. The molecule has 2 nitrogen and oxygen atoms in total. The van der Waals surface area contributed by atoms with Gasteiger partial charge in [0.05, 0.1) is 16.1 Å². The fraction of sp³-hybridized carbons (Fsp3) is 0.0625. The van der Waals surface area contributed by atoms with Crippen molar-refractivity contribution >= 4 is 34.2 Å². The number of halogens is 2. The van der Waals surface area contributed by atoms with Crippen LogP contribution in [0, 0.1) is 0 Å². The predicted molar refractivity (Wildman–Crippen MR) is 85.4 cm³/mol. The third kappa shape index (κ3) is 2.21. The Morgan fingerprint density at radius 3 is 2.70 bits per heavy atom. The Bertz CT molecular complexity index is 790.